The fraction of sp³-hybridized carbons (Fsp3) is 0.528. The van der Waals surface area contributed by atoms with E-state index in [-0.39, 0.29) is 18.4 Å². The molecule has 0 amide bonds. The van der Waals surface area contributed by atoms with Crippen LogP contribution in [0.15, 0.2) is 54.6 Å². The summed E-state index contributed by atoms with van der Waals surface area (Å²) in [5, 5.41) is 1.01. The molecular formula is C36H46F3NO3. The van der Waals surface area contributed by atoms with Crippen LogP contribution < -0.4 is 4.74 Å². The molecule has 234 valence electrons. The third-order valence-electron chi connectivity index (χ3n) is 8.83. The van der Waals surface area contributed by atoms with Gasteiger partial charge in [0.25, 0.3) is 0 Å². The van der Waals surface area contributed by atoms with Gasteiger partial charge in [0.1, 0.15) is 23.4 Å². The highest BCUT2D eigenvalue weighted by atomic mass is 19.4. The molecule has 1 fully saturated rings. The minimum atomic E-state index is -4.64. The summed E-state index contributed by atoms with van der Waals surface area (Å²) in [5.74, 6) is -0.0945. The maximum Gasteiger partial charge on any atom is 0.401 e. The van der Waals surface area contributed by atoms with Crippen molar-refractivity contribution >= 4 is 16.9 Å². The van der Waals surface area contributed by atoms with E-state index in [9.17, 15) is 18.0 Å². The molecule has 43 heavy (non-hydrogen) atoms. The number of carbonyl (C=O) groups is 1. The van der Waals surface area contributed by atoms with Crippen LogP contribution in [0, 0.1) is 11.3 Å². The molecular weight excluding hydrogens is 551 g/mol. The van der Waals surface area contributed by atoms with E-state index >= 15 is 0 Å². The van der Waals surface area contributed by atoms with E-state index in [0.29, 0.717) is 11.7 Å². The molecule has 1 heterocycles. The van der Waals surface area contributed by atoms with Gasteiger partial charge in [0.15, 0.2) is 0 Å². The average Bonchev–Trinajstić information content (AvgIpc) is 3.45. The normalized spacial score (nSPS) is 20.6. The van der Waals surface area contributed by atoms with Crippen molar-refractivity contribution in [2.45, 2.75) is 111 Å². The fourth-order valence-electron chi connectivity index (χ4n) is 6.25. The van der Waals surface area contributed by atoms with Gasteiger partial charge in [-0.15, -0.1) is 0 Å². The Kier molecular flexibility index (Phi) is 10.0. The first kappa shape index (κ1) is 32.7. The van der Waals surface area contributed by atoms with Gasteiger partial charge in [0.05, 0.1) is 5.52 Å². The topological polar surface area (TPSA) is 40.5 Å². The number of nitrogens with zero attached hydrogens (tertiary/aromatic N) is 1. The van der Waals surface area contributed by atoms with Gasteiger partial charge in [-0.1, -0.05) is 65.3 Å². The zero-order chi connectivity index (χ0) is 31.5. The Hall–Kier alpha value is -3.22. The lowest BCUT2D eigenvalue weighted by atomic mass is 9.83. The summed E-state index contributed by atoms with van der Waals surface area (Å²) in [6, 6.07) is 14.5. The van der Waals surface area contributed by atoms with Gasteiger partial charge in [-0.3, -0.25) is 0 Å². The molecule has 7 heteroatoms. The van der Waals surface area contributed by atoms with Crippen LogP contribution in [0.4, 0.5) is 13.2 Å². The predicted octanol–water partition coefficient (Wildman–Crippen LogP) is 9.86. The summed E-state index contributed by atoms with van der Waals surface area (Å²) in [6.45, 7) is 15.5. The number of hydrogen-bond acceptors (Lipinski definition) is 3. The first-order chi connectivity index (χ1) is 20.3. The van der Waals surface area contributed by atoms with Gasteiger partial charge in [0.2, 0.25) is 0 Å². The number of unbranched alkanes of at least 4 members (excludes halogenated alkanes) is 2. The second kappa shape index (κ2) is 13.2. The van der Waals surface area contributed by atoms with Crippen LogP contribution >= 0.6 is 0 Å². The van der Waals surface area contributed by atoms with Crippen molar-refractivity contribution in [2.75, 3.05) is 0 Å². The Bertz CT molecular complexity index is 1450. The summed E-state index contributed by atoms with van der Waals surface area (Å²) in [7, 11) is 0. The molecule has 3 unspecified atom stereocenters. The van der Waals surface area contributed by atoms with E-state index in [1.54, 1.807) is 6.07 Å². The van der Waals surface area contributed by atoms with E-state index in [1.165, 1.54) is 42.9 Å². The number of esters is 1. The predicted molar refractivity (Wildman–Crippen MR) is 167 cm³/mol. The lowest BCUT2D eigenvalue weighted by molar-refractivity contribution is -0.262. The van der Waals surface area contributed by atoms with E-state index in [0.717, 1.165) is 42.9 Å². The summed E-state index contributed by atoms with van der Waals surface area (Å²) in [5.41, 5.74) is 3.57. The second-order valence-electron chi connectivity index (χ2n) is 12.7. The van der Waals surface area contributed by atoms with Crippen LogP contribution in [0.2, 0.25) is 0 Å². The van der Waals surface area contributed by atoms with E-state index < -0.39 is 29.8 Å². The standard InChI is InChI=1S/C36H46F3NO3/c1-8-10-11-12-25-13-16-29(26(9-2)19-25)31-20-27-14-15-28(21-30(27)40(31)22-23(3)4)42-32-17-18-33(43-34(41)24(5)6)35(32,7)36(37,38)39/h13-16,19-21,23,32-33H,5,8-12,17-18,22H2,1-4,6-7H3. The van der Waals surface area contributed by atoms with Crippen molar-refractivity contribution < 1.29 is 27.4 Å². The number of hydrogen-bond donors (Lipinski definition) is 0. The maximum absolute atomic E-state index is 14.5. The molecule has 2 aromatic carbocycles. The Morgan fingerprint density at radius 3 is 2.42 bits per heavy atom. The molecule has 1 aromatic heterocycles. The molecule has 0 aliphatic heterocycles. The third-order valence-corrected chi connectivity index (χ3v) is 8.83. The number of aryl methyl sites for hydroxylation is 2. The second-order valence-corrected chi connectivity index (χ2v) is 12.7. The number of alkyl halides is 3. The summed E-state index contributed by atoms with van der Waals surface area (Å²) in [6.07, 6.45) is -1.44. The Balaban J connectivity index is 1.71. The molecule has 0 bridgehead atoms. The van der Waals surface area contributed by atoms with Crippen molar-refractivity contribution in [3.05, 3.63) is 65.7 Å². The van der Waals surface area contributed by atoms with Crippen LogP contribution in [0.25, 0.3) is 22.2 Å². The van der Waals surface area contributed by atoms with E-state index in [4.69, 9.17) is 9.47 Å². The molecule has 0 N–H and O–H groups in total. The molecule has 4 nitrogen and oxygen atoms in total. The molecule has 0 saturated heterocycles. The summed E-state index contributed by atoms with van der Waals surface area (Å²) < 4.78 is 57.3. The molecule has 3 atom stereocenters. The number of benzene rings is 2. The van der Waals surface area contributed by atoms with Crippen LogP contribution in [-0.4, -0.2) is 28.9 Å². The molecule has 4 rings (SSSR count). The van der Waals surface area contributed by atoms with Crippen molar-refractivity contribution in [2.24, 2.45) is 11.3 Å². The minimum Gasteiger partial charge on any atom is -0.489 e. The quantitative estimate of drug-likeness (QED) is 0.119. The van der Waals surface area contributed by atoms with Crippen LogP contribution in [0.1, 0.15) is 84.8 Å². The van der Waals surface area contributed by atoms with Crippen LogP contribution in [-0.2, 0) is 28.9 Å². The van der Waals surface area contributed by atoms with Crippen molar-refractivity contribution in [1.29, 1.82) is 0 Å². The zero-order valence-electron chi connectivity index (χ0n) is 26.4. The highest BCUT2D eigenvalue weighted by molar-refractivity contribution is 5.89. The molecule has 1 aliphatic carbocycles. The number of aromatic nitrogens is 1. The molecule has 0 radical (unpaired) electrons. The molecule has 3 aromatic rings. The van der Waals surface area contributed by atoms with Crippen LogP contribution in [0.3, 0.4) is 0 Å². The summed E-state index contributed by atoms with van der Waals surface area (Å²) >= 11 is 0. The number of rotatable bonds is 12. The largest absolute Gasteiger partial charge is 0.489 e. The number of halogens is 3. The summed E-state index contributed by atoms with van der Waals surface area (Å²) in [4.78, 5) is 12.2. The van der Waals surface area contributed by atoms with E-state index in [2.05, 4.69) is 63.1 Å². The van der Waals surface area contributed by atoms with Crippen molar-refractivity contribution in [1.82, 2.24) is 4.57 Å². The first-order valence-corrected chi connectivity index (χ1v) is 15.6. The average molecular weight is 598 g/mol. The number of ether oxygens (including phenoxy) is 2. The van der Waals surface area contributed by atoms with Gasteiger partial charge in [-0.2, -0.15) is 13.2 Å². The highest BCUT2D eigenvalue weighted by Crippen LogP contribution is 2.53. The lowest BCUT2D eigenvalue weighted by Crippen LogP contribution is -2.51. The number of carbonyl (C=O) groups excluding carboxylic acids is 1. The monoisotopic (exact) mass is 597 g/mol. The fourth-order valence-corrected chi connectivity index (χ4v) is 6.25. The van der Waals surface area contributed by atoms with Gasteiger partial charge in [-0.05, 0) is 81.2 Å². The Morgan fingerprint density at radius 2 is 1.79 bits per heavy atom. The maximum atomic E-state index is 14.5. The smallest absolute Gasteiger partial charge is 0.401 e. The third kappa shape index (κ3) is 6.81. The lowest BCUT2D eigenvalue weighted by Gasteiger charge is -2.37. The number of fused-ring (bicyclic) bond motifs is 1. The Morgan fingerprint density at radius 1 is 1.07 bits per heavy atom. The molecule has 0 spiro atoms. The molecule has 1 saturated carbocycles. The van der Waals surface area contributed by atoms with Crippen molar-refractivity contribution in [3.63, 3.8) is 0 Å². The van der Waals surface area contributed by atoms with Gasteiger partial charge in [-0.25, -0.2) is 4.79 Å². The highest BCUT2D eigenvalue weighted by Gasteiger charge is 2.66. The van der Waals surface area contributed by atoms with Gasteiger partial charge < -0.3 is 14.0 Å². The minimum absolute atomic E-state index is 0.0596. The van der Waals surface area contributed by atoms with Gasteiger partial charge >= 0.3 is 12.1 Å². The Labute approximate surface area is 254 Å². The zero-order valence-corrected chi connectivity index (χ0v) is 26.4. The first-order valence-electron chi connectivity index (χ1n) is 15.6. The van der Waals surface area contributed by atoms with Crippen LogP contribution in [0.5, 0.6) is 5.75 Å². The van der Waals surface area contributed by atoms with Gasteiger partial charge in [0, 0.05) is 34.8 Å². The van der Waals surface area contributed by atoms with Crippen molar-refractivity contribution in [3.8, 4) is 17.0 Å². The van der Waals surface area contributed by atoms with E-state index in [1.807, 2.05) is 12.1 Å². The molecule has 1 aliphatic rings. The SMILES string of the molecule is C=C(C)C(=O)OC1CCC(Oc2ccc3cc(-c4ccc(CCCCC)cc4CC)n(CC(C)C)c3c2)C1(C)C(F)(F)F.